The predicted molar refractivity (Wildman–Crippen MR) is 256 cm³/mol. The summed E-state index contributed by atoms with van der Waals surface area (Å²) in [6, 6.07) is 23.3. The van der Waals surface area contributed by atoms with E-state index in [-0.39, 0.29) is 64.0 Å². The summed E-state index contributed by atoms with van der Waals surface area (Å²) < 4.78 is 107. The summed E-state index contributed by atoms with van der Waals surface area (Å²) in [6.07, 6.45) is -1.76. The fraction of sp³-hybridized carbons (Fsp3) is 0.300. The first kappa shape index (κ1) is 52.8. The van der Waals surface area contributed by atoms with Crippen molar-refractivity contribution in [2.75, 3.05) is 14.2 Å². The van der Waals surface area contributed by atoms with Gasteiger partial charge in [-0.25, -0.2) is 24.0 Å². The number of hydrogen-bond donors (Lipinski definition) is 2. The van der Waals surface area contributed by atoms with E-state index in [9.17, 15) is 40.8 Å². The van der Waals surface area contributed by atoms with Gasteiger partial charge >= 0.3 is 50.9 Å². The summed E-state index contributed by atoms with van der Waals surface area (Å²) >= 11 is 0. The van der Waals surface area contributed by atoms with Gasteiger partial charge in [0, 0.05) is 41.7 Å². The van der Waals surface area contributed by atoms with Crippen molar-refractivity contribution in [2.24, 2.45) is 0 Å². The van der Waals surface area contributed by atoms with Crippen LogP contribution in [-0.4, -0.2) is 84.4 Å². The van der Waals surface area contributed by atoms with E-state index in [1.807, 2.05) is 0 Å². The van der Waals surface area contributed by atoms with Crippen molar-refractivity contribution in [3.05, 3.63) is 143 Å². The number of fused-ring (bicyclic) bond motifs is 6. The van der Waals surface area contributed by atoms with Gasteiger partial charge in [-0.15, -0.1) is 16.8 Å². The molecule has 0 aromatic heterocycles. The number of esters is 3. The third-order valence-corrected chi connectivity index (χ3v) is 12.1. The van der Waals surface area contributed by atoms with E-state index in [2.05, 4.69) is 10.6 Å². The number of benzene rings is 5. The van der Waals surface area contributed by atoms with Crippen LogP contribution in [0.25, 0.3) is 0 Å². The molecule has 2 N–H and O–H groups in total. The van der Waals surface area contributed by atoms with Gasteiger partial charge in [0.25, 0.3) is 0 Å². The summed E-state index contributed by atoms with van der Waals surface area (Å²) in [5.74, 6) is -3.20. The molecule has 0 bridgehead atoms. The van der Waals surface area contributed by atoms with Gasteiger partial charge in [0.1, 0.15) is 57.8 Å². The monoisotopic (exact) mass is 1050 g/mol. The molecule has 0 saturated carbocycles. The van der Waals surface area contributed by atoms with Crippen LogP contribution >= 0.6 is 0 Å². The number of rotatable bonds is 16. The molecule has 0 aliphatic carbocycles. The molecule has 23 heteroatoms. The number of amides is 2. The average Bonchev–Trinajstić information content (AvgIpc) is 3.59. The second-order valence-electron chi connectivity index (χ2n) is 18.3. The molecule has 21 nitrogen and oxygen atoms in total. The molecular weight excluding hydrogens is 997 g/mol. The van der Waals surface area contributed by atoms with Gasteiger partial charge in [-0.1, -0.05) is 42.5 Å². The molecule has 0 unspecified atom stereocenters. The Morgan fingerprint density at radius 2 is 0.932 bits per heavy atom. The third kappa shape index (κ3) is 12.9. The molecule has 0 fully saturated rings. The van der Waals surface area contributed by atoms with E-state index in [4.69, 9.17) is 45.2 Å². The van der Waals surface area contributed by atoms with E-state index in [1.165, 1.54) is 84.9 Å². The molecule has 0 radical (unpaired) electrons. The minimum absolute atomic E-state index is 0.0387. The lowest BCUT2D eigenvalue weighted by molar-refractivity contribution is -0.143. The Morgan fingerprint density at radius 3 is 1.33 bits per heavy atom. The molecule has 5 aromatic carbocycles. The zero-order valence-electron chi connectivity index (χ0n) is 40.5. The largest absolute Gasteiger partial charge is 0.500 e. The molecule has 0 saturated heterocycles. The van der Waals surface area contributed by atoms with Gasteiger partial charge in [-0.3, -0.25) is 0 Å². The minimum atomic E-state index is -4.85. The van der Waals surface area contributed by atoms with Crippen LogP contribution in [0.4, 0.5) is 9.59 Å². The van der Waals surface area contributed by atoms with Crippen molar-refractivity contribution in [3.63, 3.8) is 0 Å². The number of methoxy groups -OCH3 is 2. The number of hydrogen-bond acceptors (Lipinski definition) is 19. The van der Waals surface area contributed by atoms with E-state index in [0.717, 1.165) is 14.2 Å². The van der Waals surface area contributed by atoms with Crippen LogP contribution in [0, 0.1) is 0 Å². The summed E-state index contributed by atoms with van der Waals surface area (Å²) in [4.78, 5) is 63.1. The average molecular weight is 1050 g/mol. The third-order valence-electron chi connectivity index (χ3n) is 10.5. The highest BCUT2D eigenvalue weighted by molar-refractivity contribution is 7.82. The Kier molecular flexibility index (Phi) is 14.9. The summed E-state index contributed by atoms with van der Waals surface area (Å²) in [5.41, 5.74) is -1.17. The fourth-order valence-electron chi connectivity index (χ4n) is 7.65. The van der Waals surface area contributed by atoms with Crippen molar-refractivity contribution >= 4 is 50.9 Å². The number of carbonyl (C=O) groups is 5. The second kappa shape index (κ2) is 20.6. The molecule has 1 spiro atoms. The number of ether oxygens (including phenoxy) is 6. The molecule has 5 aromatic rings. The van der Waals surface area contributed by atoms with E-state index in [1.54, 1.807) is 65.8 Å². The van der Waals surface area contributed by atoms with Crippen LogP contribution < -0.4 is 32.1 Å². The molecular formula is C50H50N2O19S2. The summed E-state index contributed by atoms with van der Waals surface area (Å²) in [7, 11) is -7.37. The maximum atomic E-state index is 13.4. The van der Waals surface area contributed by atoms with Crippen LogP contribution in [-0.2, 0) is 72.5 Å². The first-order chi connectivity index (χ1) is 34.2. The zero-order chi connectivity index (χ0) is 53.1. The SMILES string of the molecule is COC(=O)[C@H](Cc1ccc(OS(=O)(=O)Oc2ccc3c(c2)Oc2cc(OS(=O)(=O)Oc4ccc(C[C@H](NC(=O)OC(C)(C)C)C(=O)OC)cc4)ccc2C32OC(=O)c3ccccc32)cc1)NC(=O)OC(C)(C)C. The minimum Gasteiger partial charge on any atom is -0.467 e. The van der Waals surface area contributed by atoms with Gasteiger partial charge in [0.05, 0.1) is 19.8 Å². The molecule has 2 heterocycles. The molecule has 73 heavy (non-hydrogen) atoms. The fourth-order valence-corrected chi connectivity index (χ4v) is 9.09. The Hall–Kier alpha value is -8.05. The highest BCUT2D eigenvalue weighted by Gasteiger charge is 2.53. The maximum Gasteiger partial charge on any atom is 0.500 e. The molecule has 2 atom stereocenters. The smallest absolute Gasteiger partial charge is 0.467 e. The lowest BCUT2D eigenvalue weighted by Gasteiger charge is -2.36. The Labute approximate surface area is 420 Å². The van der Waals surface area contributed by atoms with Gasteiger partial charge in [0.2, 0.25) is 0 Å². The number of alkyl carbamates (subject to hydrolysis) is 2. The quantitative estimate of drug-likeness (QED) is 0.0753. The highest BCUT2D eigenvalue weighted by Crippen LogP contribution is 2.57. The lowest BCUT2D eigenvalue weighted by atomic mass is 9.77. The van der Waals surface area contributed by atoms with Crippen molar-refractivity contribution in [3.8, 4) is 34.5 Å². The van der Waals surface area contributed by atoms with Crippen LogP contribution in [0.2, 0.25) is 0 Å². The van der Waals surface area contributed by atoms with Gasteiger partial charge in [-0.05, 0) is 107 Å². The van der Waals surface area contributed by atoms with Crippen LogP contribution in [0.1, 0.15) is 79.7 Å². The highest BCUT2D eigenvalue weighted by atomic mass is 32.3. The number of carbonyl (C=O) groups excluding carboxylic acids is 5. The van der Waals surface area contributed by atoms with Crippen molar-refractivity contribution in [1.82, 2.24) is 10.6 Å². The van der Waals surface area contributed by atoms with Crippen LogP contribution in [0.15, 0.2) is 109 Å². The van der Waals surface area contributed by atoms with Gasteiger partial charge in [-0.2, -0.15) is 0 Å². The topological polar surface area (TPSA) is 270 Å². The molecule has 386 valence electrons. The first-order valence-electron chi connectivity index (χ1n) is 22.2. The number of nitrogens with one attached hydrogen (secondary N) is 2. The standard InChI is InChI=1S/C50H50N2O19S2/c1-48(2,3)66-46(56)51-39(44(54)62-7)25-29-13-17-31(18-14-29)68-72(58,59)70-33-21-23-37-41(27-33)64-42-28-34(22-24-38(42)50(37)36-12-10-9-11-35(36)43(53)65-50)71-73(60,61)69-32-19-15-30(16-20-32)26-40(45(55)63-8)52-47(57)67-49(4,5)6/h9-24,27-28,39-40H,25-26H2,1-8H3,(H,51,56)(H,52,57)/t39-,40-/m0/s1. The van der Waals surface area contributed by atoms with Crippen molar-refractivity contribution in [1.29, 1.82) is 0 Å². The van der Waals surface area contributed by atoms with Crippen LogP contribution in [0.5, 0.6) is 34.5 Å². The lowest BCUT2D eigenvalue weighted by Crippen LogP contribution is -2.45. The molecule has 2 aliphatic rings. The summed E-state index contributed by atoms with van der Waals surface area (Å²) in [5, 5.41) is 4.93. The Bertz CT molecular complexity index is 2980. The van der Waals surface area contributed by atoms with Gasteiger partial charge < -0.3 is 55.8 Å². The first-order valence-corrected chi connectivity index (χ1v) is 24.8. The predicted octanol–water partition coefficient (Wildman–Crippen LogP) is 6.88. The van der Waals surface area contributed by atoms with Crippen molar-refractivity contribution in [2.45, 2.75) is 83.3 Å². The second-order valence-corrected chi connectivity index (χ2v) is 20.6. The summed E-state index contributed by atoms with van der Waals surface area (Å²) in [6.45, 7) is 9.98. The van der Waals surface area contributed by atoms with Gasteiger partial charge in [0.15, 0.2) is 5.60 Å². The maximum absolute atomic E-state index is 13.4. The van der Waals surface area contributed by atoms with E-state index in [0.29, 0.717) is 16.7 Å². The van der Waals surface area contributed by atoms with E-state index < -0.39 is 79.8 Å². The van der Waals surface area contributed by atoms with E-state index >= 15 is 0 Å². The molecule has 2 aliphatic heterocycles. The molecule has 2 amide bonds. The van der Waals surface area contributed by atoms with Crippen molar-refractivity contribution < 1.29 is 86.0 Å². The Balaban J connectivity index is 1.08. The zero-order valence-corrected chi connectivity index (χ0v) is 42.2. The molecule has 7 rings (SSSR count). The normalized spacial score (nSPS) is 14.3. The van der Waals surface area contributed by atoms with Crippen LogP contribution in [0.3, 0.4) is 0 Å². The Morgan fingerprint density at radius 1 is 0.548 bits per heavy atom.